The minimum absolute atomic E-state index is 0.0468. The van der Waals surface area contributed by atoms with E-state index in [4.69, 9.17) is 10.5 Å². The average Bonchev–Trinajstić information content (AvgIpc) is 2.53. The van der Waals surface area contributed by atoms with Crippen molar-refractivity contribution in [2.45, 2.75) is 19.8 Å². The Hall–Kier alpha value is -1.83. The number of nitrogens with one attached hydrogen (secondary N) is 1. The van der Waals surface area contributed by atoms with E-state index in [-0.39, 0.29) is 5.91 Å². The Kier molecular flexibility index (Phi) is 5.79. The first-order chi connectivity index (χ1) is 10.2. The van der Waals surface area contributed by atoms with E-state index in [0.717, 1.165) is 37.2 Å². The minimum atomic E-state index is -0.0468. The highest BCUT2D eigenvalue weighted by atomic mass is 16.5. The molecule has 0 aliphatic carbocycles. The van der Waals surface area contributed by atoms with Gasteiger partial charge in [0.1, 0.15) is 0 Å². The summed E-state index contributed by atoms with van der Waals surface area (Å²) in [6.07, 6.45) is 2.19. The maximum absolute atomic E-state index is 12.3. The fourth-order valence-corrected chi connectivity index (χ4v) is 2.40. The van der Waals surface area contributed by atoms with Gasteiger partial charge in [-0.15, -0.1) is 0 Å². The molecule has 1 heterocycles. The second-order valence-corrected chi connectivity index (χ2v) is 5.33. The summed E-state index contributed by atoms with van der Waals surface area (Å²) in [7, 11) is 0. The molecule has 1 fully saturated rings. The smallest absolute Gasteiger partial charge is 0.251 e. The van der Waals surface area contributed by atoms with Gasteiger partial charge in [-0.05, 0) is 43.4 Å². The van der Waals surface area contributed by atoms with Crippen LogP contribution in [-0.2, 0) is 4.74 Å². The molecule has 4 nitrogen and oxygen atoms in total. The van der Waals surface area contributed by atoms with E-state index < -0.39 is 0 Å². The summed E-state index contributed by atoms with van der Waals surface area (Å²) >= 11 is 0. The van der Waals surface area contributed by atoms with Crippen LogP contribution in [0.4, 0.5) is 0 Å². The Balaban J connectivity index is 2.00. The Labute approximate surface area is 126 Å². The molecule has 1 aliphatic heterocycles. The van der Waals surface area contributed by atoms with Gasteiger partial charge in [-0.1, -0.05) is 17.9 Å². The first-order valence-electron chi connectivity index (χ1n) is 7.36. The SMILES string of the molecule is Cc1ccc(C#CCN)cc1C(=O)NCC1CCCOC1. The maximum atomic E-state index is 12.3. The molecule has 0 spiro atoms. The standard InChI is InChI=1S/C17H22N2O2/c1-13-6-7-14(4-2-8-18)10-16(13)17(20)19-11-15-5-3-9-21-12-15/h6-7,10,15H,3,5,8-9,11-12,18H2,1H3,(H,19,20). The summed E-state index contributed by atoms with van der Waals surface area (Å²) in [4.78, 5) is 12.3. The third kappa shape index (κ3) is 4.59. The predicted octanol–water partition coefficient (Wildman–Crippen LogP) is 1.46. The van der Waals surface area contributed by atoms with Crippen LogP contribution >= 0.6 is 0 Å². The van der Waals surface area contributed by atoms with Crippen molar-refractivity contribution >= 4 is 5.91 Å². The van der Waals surface area contributed by atoms with Gasteiger partial charge in [0.25, 0.3) is 5.91 Å². The Bertz CT molecular complexity index is 552. The first kappa shape index (κ1) is 15.6. The summed E-state index contributed by atoms with van der Waals surface area (Å²) in [5.74, 6) is 6.13. The van der Waals surface area contributed by atoms with Crippen LogP contribution in [-0.4, -0.2) is 32.2 Å². The summed E-state index contributed by atoms with van der Waals surface area (Å²) in [5.41, 5.74) is 7.81. The highest BCUT2D eigenvalue weighted by Crippen LogP contribution is 2.14. The quantitative estimate of drug-likeness (QED) is 0.827. The highest BCUT2D eigenvalue weighted by Gasteiger charge is 2.16. The van der Waals surface area contributed by atoms with Crippen LogP contribution in [0.15, 0.2) is 18.2 Å². The van der Waals surface area contributed by atoms with Crippen LogP contribution < -0.4 is 11.1 Å². The van der Waals surface area contributed by atoms with E-state index in [0.29, 0.717) is 24.6 Å². The van der Waals surface area contributed by atoms with E-state index in [1.807, 2.05) is 25.1 Å². The zero-order valence-electron chi connectivity index (χ0n) is 12.4. The lowest BCUT2D eigenvalue weighted by molar-refractivity contribution is 0.0536. The summed E-state index contributed by atoms with van der Waals surface area (Å²) < 4.78 is 5.43. The molecule has 0 aromatic heterocycles. The number of carbonyl (C=O) groups is 1. The second-order valence-electron chi connectivity index (χ2n) is 5.33. The van der Waals surface area contributed by atoms with E-state index in [2.05, 4.69) is 17.2 Å². The van der Waals surface area contributed by atoms with Crippen molar-refractivity contribution in [3.63, 3.8) is 0 Å². The predicted molar refractivity (Wildman–Crippen MR) is 83.0 cm³/mol. The van der Waals surface area contributed by atoms with Crippen LogP contribution in [0.1, 0.15) is 34.3 Å². The van der Waals surface area contributed by atoms with E-state index >= 15 is 0 Å². The third-order valence-electron chi connectivity index (χ3n) is 3.62. The van der Waals surface area contributed by atoms with E-state index in [9.17, 15) is 4.79 Å². The van der Waals surface area contributed by atoms with Crippen LogP contribution in [0.3, 0.4) is 0 Å². The van der Waals surface area contributed by atoms with Crippen LogP contribution in [0.5, 0.6) is 0 Å². The number of aryl methyl sites for hydroxylation is 1. The Morgan fingerprint density at radius 3 is 3.10 bits per heavy atom. The van der Waals surface area contributed by atoms with Crippen molar-refractivity contribution in [1.29, 1.82) is 0 Å². The number of rotatable bonds is 3. The normalized spacial score (nSPS) is 17.7. The van der Waals surface area contributed by atoms with Crippen LogP contribution in [0, 0.1) is 24.7 Å². The number of ether oxygens (including phenoxy) is 1. The fourth-order valence-electron chi connectivity index (χ4n) is 2.40. The van der Waals surface area contributed by atoms with Gasteiger partial charge in [-0.25, -0.2) is 0 Å². The lowest BCUT2D eigenvalue weighted by Gasteiger charge is -2.22. The molecule has 112 valence electrons. The Morgan fingerprint density at radius 1 is 1.52 bits per heavy atom. The van der Waals surface area contributed by atoms with Gasteiger partial charge in [-0.3, -0.25) is 4.79 Å². The van der Waals surface area contributed by atoms with Crippen molar-refractivity contribution in [3.8, 4) is 11.8 Å². The number of hydrogen-bond donors (Lipinski definition) is 2. The molecule has 2 rings (SSSR count). The lowest BCUT2D eigenvalue weighted by Crippen LogP contribution is -2.33. The third-order valence-corrected chi connectivity index (χ3v) is 3.62. The Morgan fingerprint density at radius 2 is 2.38 bits per heavy atom. The monoisotopic (exact) mass is 286 g/mol. The van der Waals surface area contributed by atoms with Gasteiger partial charge >= 0.3 is 0 Å². The number of carbonyl (C=O) groups excluding carboxylic acids is 1. The van der Waals surface area contributed by atoms with Crippen molar-refractivity contribution < 1.29 is 9.53 Å². The summed E-state index contributed by atoms with van der Waals surface area (Å²) in [6, 6.07) is 5.65. The molecule has 0 saturated carbocycles. The highest BCUT2D eigenvalue weighted by molar-refractivity contribution is 5.96. The lowest BCUT2D eigenvalue weighted by atomic mass is 10.0. The number of amides is 1. The largest absolute Gasteiger partial charge is 0.381 e. The number of nitrogens with two attached hydrogens (primary N) is 1. The molecule has 1 unspecified atom stereocenters. The van der Waals surface area contributed by atoms with Gasteiger partial charge in [-0.2, -0.15) is 0 Å². The molecule has 1 saturated heterocycles. The molecule has 0 bridgehead atoms. The van der Waals surface area contributed by atoms with Crippen molar-refractivity contribution in [3.05, 3.63) is 34.9 Å². The molecule has 0 radical (unpaired) electrons. The van der Waals surface area contributed by atoms with Gasteiger partial charge in [0.2, 0.25) is 0 Å². The number of hydrogen-bond acceptors (Lipinski definition) is 3. The zero-order chi connectivity index (χ0) is 15.1. The molecular formula is C17H22N2O2. The summed E-state index contributed by atoms with van der Waals surface area (Å²) in [6.45, 7) is 4.49. The zero-order valence-corrected chi connectivity index (χ0v) is 12.4. The van der Waals surface area contributed by atoms with E-state index in [1.54, 1.807) is 0 Å². The fraction of sp³-hybridized carbons (Fsp3) is 0.471. The van der Waals surface area contributed by atoms with Gasteiger partial charge in [0, 0.05) is 24.3 Å². The molecule has 1 aromatic carbocycles. The average molecular weight is 286 g/mol. The molecule has 1 aromatic rings. The molecule has 4 heteroatoms. The van der Waals surface area contributed by atoms with Crippen molar-refractivity contribution in [1.82, 2.24) is 5.32 Å². The van der Waals surface area contributed by atoms with Gasteiger partial charge in [0.15, 0.2) is 0 Å². The van der Waals surface area contributed by atoms with Crippen LogP contribution in [0.2, 0.25) is 0 Å². The van der Waals surface area contributed by atoms with Crippen molar-refractivity contribution in [2.75, 3.05) is 26.3 Å². The van der Waals surface area contributed by atoms with E-state index in [1.165, 1.54) is 0 Å². The summed E-state index contributed by atoms with van der Waals surface area (Å²) in [5, 5.41) is 3.00. The second kappa shape index (κ2) is 7.82. The van der Waals surface area contributed by atoms with Gasteiger partial charge < -0.3 is 15.8 Å². The molecule has 1 amide bonds. The number of benzene rings is 1. The minimum Gasteiger partial charge on any atom is -0.381 e. The maximum Gasteiger partial charge on any atom is 0.251 e. The van der Waals surface area contributed by atoms with Gasteiger partial charge in [0.05, 0.1) is 13.2 Å². The molecule has 3 N–H and O–H groups in total. The van der Waals surface area contributed by atoms with Crippen LogP contribution in [0.25, 0.3) is 0 Å². The molecule has 21 heavy (non-hydrogen) atoms. The first-order valence-corrected chi connectivity index (χ1v) is 7.36. The molecular weight excluding hydrogens is 264 g/mol. The van der Waals surface area contributed by atoms with Crippen molar-refractivity contribution in [2.24, 2.45) is 11.7 Å². The molecule has 1 atom stereocenters. The topological polar surface area (TPSA) is 64.4 Å². The molecule has 1 aliphatic rings.